The van der Waals surface area contributed by atoms with E-state index < -0.39 is 11.5 Å². The van der Waals surface area contributed by atoms with Crippen LogP contribution in [-0.2, 0) is 9.59 Å². The molecule has 1 fully saturated rings. The fourth-order valence-electron chi connectivity index (χ4n) is 3.35. The van der Waals surface area contributed by atoms with Crippen molar-refractivity contribution in [2.24, 2.45) is 5.41 Å². The van der Waals surface area contributed by atoms with Crippen LogP contribution in [0.2, 0.25) is 0 Å². The van der Waals surface area contributed by atoms with E-state index >= 15 is 0 Å². The molecule has 1 atom stereocenters. The third kappa shape index (κ3) is 1.94. The Bertz CT molecular complexity index is 336. The molecule has 1 aliphatic carbocycles. The quantitative estimate of drug-likeness (QED) is 0.824. The van der Waals surface area contributed by atoms with E-state index in [1.807, 2.05) is 27.7 Å². The van der Waals surface area contributed by atoms with E-state index in [1.165, 1.54) is 6.92 Å². The fourth-order valence-corrected chi connectivity index (χ4v) is 3.35. The second-order valence-electron chi connectivity index (χ2n) is 5.89. The second kappa shape index (κ2) is 4.31. The van der Waals surface area contributed by atoms with E-state index in [2.05, 4.69) is 0 Å². The van der Waals surface area contributed by atoms with Crippen molar-refractivity contribution in [3.05, 3.63) is 0 Å². The van der Waals surface area contributed by atoms with Gasteiger partial charge < -0.3 is 10.0 Å². The van der Waals surface area contributed by atoms with E-state index in [4.69, 9.17) is 0 Å². The minimum atomic E-state index is -1.05. The first kappa shape index (κ1) is 14.0. The standard InChI is InChI=1S/C13H23NO3/c1-9(2)14(10(3)15)13(11(16)17)8-6-7-12(13,4)5/h9H,6-8H2,1-5H3,(H,16,17). The summed E-state index contributed by atoms with van der Waals surface area (Å²) < 4.78 is 0. The zero-order valence-electron chi connectivity index (χ0n) is 11.4. The average molecular weight is 241 g/mol. The van der Waals surface area contributed by atoms with Crippen LogP contribution in [0.3, 0.4) is 0 Å². The summed E-state index contributed by atoms with van der Waals surface area (Å²) in [5.74, 6) is -1.03. The summed E-state index contributed by atoms with van der Waals surface area (Å²) in [6.07, 6.45) is 2.25. The Hall–Kier alpha value is -1.06. The minimum Gasteiger partial charge on any atom is -0.479 e. The van der Waals surface area contributed by atoms with E-state index in [-0.39, 0.29) is 17.4 Å². The number of carbonyl (C=O) groups is 2. The van der Waals surface area contributed by atoms with Crippen LogP contribution in [0.15, 0.2) is 0 Å². The van der Waals surface area contributed by atoms with Gasteiger partial charge in [0, 0.05) is 13.0 Å². The van der Waals surface area contributed by atoms with Crippen LogP contribution in [0.1, 0.15) is 53.9 Å². The number of nitrogens with zero attached hydrogens (tertiary/aromatic N) is 1. The predicted octanol–water partition coefficient (Wildman–Crippen LogP) is 2.28. The number of amides is 1. The molecule has 1 saturated carbocycles. The van der Waals surface area contributed by atoms with Crippen molar-refractivity contribution in [1.82, 2.24) is 4.90 Å². The Morgan fingerprint density at radius 1 is 1.24 bits per heavy atom. The molecule has 4 nitrogen and oxygen atoms in total. The van der Waals surface area contributed by atoms with Crippen LogP contribution in [0.4, 0.5) is 0 Å². The lowest BCUT2D eigenvalue weighted by Gasteiger charge is -2.48. The lowest BCUT2D eigenvalue weighted by atomic mass is 9.73. The van der Waals surface area contributed by atoms with Gasteiger partial charge in [0.1, 0.15) is 5.54 Å². The molecule has 0 saturated heterocycles. The van der Waals surface area contributed by atoms with Gasteiger partial charge in [0.2, 0.25) is 5.91 Å². The maximum atomic E-state index is 11.8. The number of carbonyl (C=O) groups excluding carboxylic acids is 1. The molecule has 17 heavy (non-hydrogen) atoms. The number of aliphatic carboxylic acids is 1. The summed E-state index contributed by atoms with van der Waals surface area (Å²) in [4.78, 5) is 25.2. The zero-order valence-corrected chi connectivity index (χ0v) is 11.4. The number of carboxylic acid groups (broad SMARTS) is 1. The third-order valence-corrected chi connectivity index (χ3v) is 4.08. The van der Waals surface area contributed by atoms with E-state index in [9.17, 15) is 14.7 Å². The molecule has 1 unspecified atom stereocenters. The Morgan fingerprint density at radius 3 is 2.00 bits per heavy atom. The first-order valence-corrected chi connectivity index (χ1v) is 6.20. The van der Waals surface area contributed by atoms with Crippen LogP contribution >= 0.6 is 0 Å². The molecule has 1 rings (SSSR count). The smallest absolute Gasteiger partial charge is 0.330 e. The van der Waals surface area contributed by atoms with Crippen molar-refractivity contribution in [1.29, 1.82) is 0 Å². The third-order valence-electron chi connectivity index (χ3n) is 4.08. The highest BCUT2D eigenvalue weighted by Gasteiger charge is 2.59. The summed E-state index contributed by atoms with van der Waals surface area (Å²) in [5.41, 5.74) is -1.43. The van der Waals surface area contributed by atoms with E-state index in [1.54, 1.807) is 4.90 Å². The lowest BCUT2D eigenvalue weighted by molar-refractivity contribution is -0.168. The first-order valence-electron chi connectivity index (χ1n) is 6.20. The van der Waals surface area contributed by atoms with Crippen LogP contribution in [0, 0.1) is 5.41 Å². The van der Waals surface area contributed by atoms with Gasteiger partial charge in [0.25, 0.3) is 0 Å². The maximum Gasteiger partial charge on any atom is 0.330 e. The maximum absolute atomic E-state index is 11.8. The number of hydrogen-bond acceptors (Lipinski definition) is 2. The zero-order chi connectivity index (χ0) is 13.4. The monoisotopic (exact) mass is 241 g/mol. The first-order chi connectivity index (χ1) is 7.67. The largest absolute Gasteiger partial charge is 0.479 e. The van der Waals surface area contributed by atoms with Gasteiger partial charge in [-0.3, -0.25) is 4.79 Å². The van der Waals surface area contributed by atoms with Crippen LogP contribution < -0.4 is 0 Å². The van der Waals surface area contributed by atoms with Crippen LogP contribution in [-0.4, -0.2) is 33.5 Å². The number of hydrogen-bond donors (Lipinski definition) is 1. The molecule has 0 aromatic heterocycles. The van der Waals surface area contributed by atoms with Gasteiger partial charge in [0.05, 0.1) is 0 Å². The molecule has 0 spiro atoms. The molecule has 0 radical (unpaired) electrons. The molecule has 0 aromatic rings. The van der Waals surface area contributed by atoms with Crippen molar-refractivity contribution in [2.75, 3.05) is 0 Å². The summed E-state index contributed by atoms with van der Waals surface area (Å²) in [6, 6.07) is -0.0963. The molecule has 98 valence electrons. The molecule has 0 aromatic carbocycles. The normalized spacial score (nSPS) is 27.2. The average Bonchev–Trinajstić information content (AvgIpc) is 2.41. The van der Waals surface area contributed by atoms with Gasteiger partial charge in [0.15, 0.2) is 0 Å². The van der Waals surface area contributed by atoms with Gasteiger partial charge in [-0.1, -0.05) is 13.8 Å². The highest BCUT2D eigenvalue weighted by Crippen LogP contribution is 2.50. The predicted molar refractivity (Wildman–Crippen MR) is 65.7 cm³/mol. The Morgan fingerprint density at radius 2 is 1.76 bits per heavy atom. The van der Waals surface area contributed by atoms with E-state index in [0.29, 0.717) is 6.42 Å². The molecule has 1 N–H and O–H groups in total. The van der Waals surface area contributed by atoms with Crippen molar-refractivity contribution >= 4 is 11.9 Å². The van der Waals surface area contributed by atoms with Gasteiger partial charge >= 0.3 is 5.97 Å². The van der Waals surface area contributed by atoms with Gasteiger partial charge in [-0.25, -0.2) is 4.79 Å². The Balaban J connectivity index is 3.34. The van der Waals surface area contributed by atoms with Crippen LogP contribution in [0.5, 0.6) is 0 Å². The molecule has 4 heteroatoms. The molecular formula is C13H23NO3. The van der Waals surface area contributed by atoms with E-state index in [0.717, 1.165) is 12.8 Å². The highest BCUT2D eigenvalue weighted by atomic mass is 16.4. The second-order valence-corrected chi connectivity index (χ2v) is 5.89. The Labute approximate surface area is 103 Å². The topological polar surface area (TPSA) is 57.6 Å². The van der Waals surface area contributed by atoms with Gasteiger partial charge in [-0.2, -0.15) is 0 Å². The summed E-state index contributed by atoms with van der Waals surface area (Å²) in [6.45, 7) is 9.11. The Kier molecular flexibility index (Phi) is 3.55. The fraction of sp³-hybridized carbons (Fsp3) is 0.846. The van der Waals surface area contributed by atoms with Crippen molar-refractivity contribution in [3.8, 4) is 0 Å². The van der Waals surface area contributed by atoms with Gasteiger partial charge in [-0.05, 0) is 38.5 Å². The molecule has 0 aliphatic heterocycles. The summed E-state index contributed by atoms with van der Waals surface area (Å²) in [7, 11) is 0. The van der Waals surface area contributed by atoms with Crippen molar-refractivity contribution < 1.29 is 14.7 Å². The molecule has 1 amide bonds. The van der Waals surface area contributed by atoms with Crippen molar-refractivity contribution in [2.45, 2.75) is 65.5 Å². The highest BCUT2D eigenvalue weighted by molar-refractivity contribution is 5.87. The molecule has 0 heterocycles. The summed E-state index contributed by atoms with van der Waals surface area (Å²) >= 11 is 0. The number of carboxylic acids is 1. The molecule has 1 aliphatic rings. The van der Waals surface area contributed by atoms with Crippen molar-refractivity contribution in [3.63, 3.8) is 0 Å². The van der Waals surface area contributed by atoms with Gasteiger partial charge in [-0.15, -0.1) is 0 Å². The minimum absolute atomic E-state index is 0.0963. The molecular weight excluding hydrogens is 218 g/mol. The molecule has 0 bridgehead atoms. The summed E-state index contributed by atoms with van der Waals surface area (Å²) in [5, 5.41) is 9.67. The number of rotatable bonds is 3. The lowest BCUT2D eigenvalue weighted by Crippen LogP contribution is -2.64. The SMILES string of the molecule is CC(=O)N(C(C)C)C1(C(=O)O)CCCC1(C)C. The van der Waals surface area contributed by atoms with Crippen LogP contribution in [0.25, 0.3) is 0 Å².